The average Bonchev–Trinajstić information content (AvgIpc) is 3.25. The Hall–Kier alpha value is -1.76. The summed E-state index contributed by atoms with van der Waals surface area (Å²) in [7, 11) is 0. The molecule has 2 fully saturated rings. The van der Waals surface area contributed by atoms with Crippen molar-refractivity contribution < 1.29 is 18.7 Å². The molecule has 2 N–H and O–H groups in total. The Morgan fingerprint density at radius 1 is 1.52 bits per heavy atom. The number of ether oxygens (including phenoxy) is 1. The number of benzene rings is 1. The average molecular weight is 338 g/mol. The molecule has 0 bridgehead atoms. The van der Waals surface area contributed by atoms with Crippen molar-refractivity contribution in [3.63, 3.8) is 0 Å². The maximum atomic E-state index is 14.1. The van der Waals surface area contributed by atoms with Gasteiger partial charge in [-0.15, -0.1) is 0 Å². The molecule has 1 aliphatic carbocycles. The summed E-state index contributed by atoms with van der Waals surface area (Å²) < 4.78 is 19.5. The highest BCUT2D eigenvalue weighted by Crippen LogP contribution is 2.30. The van der Waals surface area contributed by atoms with E-state index in [0.29, 0.717) is 23.8 Å². The zero-order valence-electron chi connectivity index (χ0n) is 12.8. The highest BCUT2D eigenvalue weighted by Gasteiger charge is 2.29. The molecule has 1 saturated carbocycles. The molecule has 0 aromatic heterocycles. The van der Waals surface area contributed by atoms with E-state index >= 15 is 0 Å². The van der Waals surface area contributed by atoms with Gasteiger partial charge in [0.15, 0.2) is 11.6 Å². The Morgan fingerprint density at radius 2 is 2.30 bits per heavy atom. The molecule has 0 radical (unpaired) electrons. The second kappa shape index (κ2) is 6.78. The number of carbonyl (C=O) groups is 2. The Morgan fingerprint density at radius 3 is 2.91 bits per heavy atom. The van der Waals surface area contributed by atoms with Crippen LogP contribution in [0.3, 0.4) is 0 Å². The Balaban J connectivity index is 1.57. The number of hydrogen-bond donors (Lipinski definition) is 2. The van der Waals surface area contributed by atoms with E-state index in [2.05, 4.69) is 10.6 Å². The zero-order chi connectivity index (χ0) is 16.4. The van der Waals surface area contributed by atoms with Gasteiger partial charge in [0.25, 0.3) is 5.24 Å². The van der Waals surface area contributed by atoms with Gasteiger partial charge in [-0.25, -0.2) is 4.39 Å². The maximum absolute atomic E-state index is 14.1. The minimum atomic E-state index is -0.527. The van der Waals surface area contributed by atoms with E-state index < -0.39 is 11.9 Å². The van der Waals surface area contributed by atoms with Crippen molar-refractivity contribution >= 4 is 22.9 Å². The van der Waals surface area contributed by atoms with E-state index in [1.165, 1.54) is 6.07 Å². The van der Waals surface area contributed by atoms with E-state index in [-0.39, 0.29) is 22.9 Å². The third kappa shape index (κ3) is 4.16. The third-order valence-electron chi connectivity index (χ3n) is 3.98. The van der Waals surface area contributed by atoms with Crippen LogP contribution in [0.5, 0.6) is 5.75 Å². The largest absolute Gasteiger partial charge is 0.490 e. The van der Waals surface area contributed by atoms with Crippen LogP contribution in [0.2, 0.25) is 0 Å². The second-order valence-electron chi connectivity index (χ2n) is 5.97. The standard InChI is InChI=1S/C16H19FN2O3S/c1-9(18-15(20)13-8-23-16(21)19-13)11-4-5-14(12(17)6-11)22-7-10-2-3-10/h4-6,9-10,13H,2-3,7-8H2,1H3,(H,18,20)(H,19,21)/t9-,13-/m0/s1. The van der Waals surface area contributed by atoms with E-state index in [0.717, 1.165) is 24.6 Å². The lowest BCUT2D eigenvalue weighted by Gasteiger charge is -2.18. The van der Waals surface area contributed by atoms with Crippen LogP contribution in [0.4, 0.5) is 9.18 Å². The molecule has 23 heavy (non-hydrogen) atoms. The molecule has 7 heteroatoms. The molecule has 0 spiro atoms. The van der Waals surface area contributed by atoms with Crippen LogP contribution >= 0.6 is 11.8 Å². The Bertz CT molecular complexity index is 621. The first-order valence-electron chi connectivity index (χ1n) is 7.69. The van der Waals surface area contributed by atoms with Crippen LogP contribution in [-0.4, -0.2) is 29.5 Å². The van der Waals surface area contributed by atoms with Crippen molar-refractivity contribution in [2.45, 2.75) is 31.8 Å². The summed E-state index contributed by atoms with van der Waals surface area (Å²) in [5.41, 5.74) is 0.659. The van der Waals surface area contributed by atoms with E-state index in [1.807, 2.05) is 0 Å². The first kappa shape index (κ1) is 16.1. The zero-order valence-corrected chi connectivity index (χ0v) is 13.6. The molecule has 1 aromatic carbocycles. The van der Waals surface area contributed by atoms with E-state index in [1.54, 1.807) is 19.1 Å². The first-order chi connectivity index (χ1) is 11.0. The summed E-state index contributed by atoms with van der Waals surface area (Å²) in [5, 5.41) is 5.18. The molecular weight excluding hydrogens is 319 g/mol. The quantitative estimate of drug-likeness (QED) is 0.837. The predicted molar refractivity (Wildman–Crippen MR) is 86.0 cm³/mol. The molecular formula is C16H19FN2O3S. The van der Waals surface area contributed by atoms with E-state index in [9.17, 15) is 14.0 Å². The summed E-state index contributed by atoms with van der Waals surface area (Å²) in [4.78, 5) is 23.2. The summed E-state index contributed by atoms with van der Waals surface area (Å²) >= 11 is 1.09. The Labute approximate surface area is 138 Å². The number of carbonyl (C=O) groups excluding carboxylic acids is 2. The summed E-state index contributed by atoms with van der Waals surface area (Å²) in [6, 6.07) is 3.86. The summed E-state index contributed by atoms with van der Waals surface area (Å²) in [5.74, 6) is 0.546. The van der Waals surface area contributed by atoms with Gasteiger partial charge < -0.3 is 15.4 Å². The van der Waals surface area contributed by atoms with Crippen molar-refractivity contribution in [1.82, 2.24) is 10.6 Å². The van der Waals surface area contributed by atoms with Crippen molar-refractivity contribution in [3.05, 3.63) is 29.6 Å². The summed E-state index contributed by atoms with van der Waals surface area (Å²) in [6.07, 6.45) is 2.30. The van der Waals surface area contributed by atoms with Gasteiger partial charge in [-0.3, -0.25) is 9.59 Å². The van der Waals surface area contributed by atoms with Gasteiger partial charge >= 0.3 is 0 Å². The maximum Gasteiger partial charge on any atom is 0.279 e. The Kier molecular flexibility index (Phi) is 4.75. The monoisotopic (exact) mass is 338 g/mol. The first-order valence-corrected chi connectivity index (χ1v) is 8.67. The van der Waals surface area contributed by atoms with Crippen molar-refractivity contribution in [2.75, 3.05) is 12.4 Å². The fourth-order valence-corrected chi connectivity index (χ4v) is 3.10. The number of hydrogen-bond acceptors (Lipinski definition) is 4. The van der Waals surface area contributed by atoms with Gasteiger partial charge in [-0.1, -0.05) is 17.8 Å². The van der Waals surface area contributed by atoms with Gasteiger partial charge in [0, 0.05) is 5.75 Å². The fraction of sp³-hybridized carbons (Fsp3) is 0.500. The number of halogens is 1. The van der Waals surface area contributed by atoms with Gasteiger partial charge in [-0.2, -0.15) is 0 Å². The van der Waals surface area contributed by atoms with Crippen LogP contribution in [-0.2, 0) is 4.79 Å². The third-order valence-corrected chi connectivity index (χ3v) is 4.86. The number of rotatable bonds is 6. The highest BCUT2D eigenvalue weighted by molar-refractivity contribution is 8.14. The minimum absolute atomic E-state index is 0.194. The molecule has 2 amide bonds. The van der Waals surface area contributed by atoms with Gasteiger partial charge in [-0.05, 0) is 43.4 Å². The predicted octanol–water partition coefficient (Wildman–Crippen LogP) is 2.62. The lowest BCUT2D eigenvalue weighted by atomic mass is 10.1. The van der Waals surface area contributed by atoms with Crippen molar-refractivity contribution in [3.8, 4) is 5.75 Å². The fourth-order valence-electron chi connectivity index (χ4n) is 2.32. The highest BCUT2D eigenvalue weighted by atomic mass is 32.2. The molecule has 1 saturated heterocycles. The van der Waals surface area contributed by atoms with Crippen LogP contribution < -0.4 is 15.4 Å². The molecule has 1 heterocycles. The van der Waals surface area contributed by atoms with Crippen LogP contribution in [0.15, 0.2) is 18.2 Å². The van der Waals surface area contributed by atoms with Crippen LogP contribution in [0.1, 0.15) is 31.4 Å². The summed E-state index contributed by atoms with van der Waals surface area (Å²) in [6.45, 7) is 2.34. The topological polar surface area (TPSA) is 67.4 Å². The number of amides is 2. The molecule has 5 nitrogen and oxygen atoms in total. The molecule has 124 valence electrons. The van der Waals surface area contributed by atoms with Crippen LogP contribution in [0.25, 0.3) is 0 Å². The van der Waals surface area contributed by atoms with Gasteiger partial charge in [0.1, 0.15) is 6.04 Å². The van der Waals surface area contributed by atoms with Crippen molar-refractivity contribution in [2.24, 2.45) is 5.92 Å². The number of thioether (sulfide) groups is 1. The minimum Gasteiger partial charge on any atom is -0.490 e. The number of nitrogens with one attached hydrogen (secondary N) is 2. The van der Waals surface area contributed by atoms with E-state index in [4.69, 9.17) is 4.74 Å². The molecule has 2 aliphatic rings. The lowest BCUT2D eigenvalue weighted by Crippen LogP contribution is -2.43. The second-order valence-corrected chi connectivity index (χ2v) is 6.96. The molecule has 2 atom stereocenters. The smallest absolute Gasteiger partial charge is 0.279 e. The lowest BCUT2D eigenvalue weighted by molar-refractivity contribution is -0.122. The SMILES string of the molecule is C[C@H](NC(=O)[C@@H]1CSC(=O)N1)c1ccc(OCC2CC2)c(F)c1. The molecule has 0 unspecified atom stereocenters. The van der Waals surface area contributed by atoms with Gasteiger partial charge in [0.2, 0.25) is 5.91 Å². The van der Waals surface area contributed by atoms with Crippen LogP contribution in [0, 0.1) is 11.7 Å². The van der Waals surface area contributed by atoms with Crippen molar-refractivity contribution in [1.29, 1.82) is 0 Å². The molecule has 1 aliphatic heterocycles. The normalized spacial score (nSPS) is 21.7. The molecule has 1 aromatic rings. The molecule has 3 rings (SSSR count). The van der Waals surface area contributed by atoms with Gasteiger partial charge in [0.05, 0.1) is 12.6 Å².